The standard InChI is InChI=1S/C14H19N3O3/c1-4-7-17(10(2)3)14(20)16-9-11-5-6-12(13(18)19)15-8-11/h4-6,8,10H,1,7,9H2,2-3H3,(H,16,20)(H,18,19). The van der Waals surface area contributed by atoms with E-state index >= 15 is 0 Å². The molecule has 0 saturated heterocycles. The van der Waals surface area contributed by atoms with Gasteiger partial charge in [0.1, 0.15) is 5.69 Å². The van der Waals surface area contributed by atoms with Gasteiger partial charge in [0.05, 0.1) is 0 Å². The molecule has 2 amide bonds. The minimum Gasteiger partial charge on any atom is -0.477 e. The molecule has 1 rings (SSSR count). The van der Waals surface area contributed by atoms with Gasteiger partial charge in [-0.15, -0.1) is 6.58 Å². The molecule has 1 aromatic heterocycles. The third kappa shape index (κ3) is 4.38. The van der Waals surface area contributed by atoms with Crippen LogP contribution in [-0.4, -0.2) is 39.6 Å². The molecule has 6 heteroatoms. The second kappa shape index (κ2) is 7.28. The van der Waals surface area contributed by atoms with Crippen molar-refractivity contribution in [1.29, 1.82) is 0 Å². The van der Waals surface area contributed by atoms with E-state index in [1.165, 1.54) is 12.3 Å². The molecule has 0 atom stereocenters. The number of rotatable bonds is 6. The molecule has 0 saturated carbocycles. The maximum Gasteiger partial charge on any atom is 0.354 e. The second-order valence-corrected chi connectivity index (χ2v) is 4.55. The van der Waals surface area contributed by atoms with Crippen LogP contribution in [0.15, 0.2) is 31.0 Å². The Hall–Kier alpha value is -2.37. The van der Waals surface area contributed by atoms with E-state index in [2.05, 4.69) is 16.9 Å². The SMILES string of the molecule is C=CCN(C(=O)NCc1ccc(C(=O)O)nc1)C(C)C. The zero-order valence-corrected chi connectivity index (χ0v) is 11.7. The molecule has 0 aliphatic rings. The molecule has 0 aliphatic heterocycles. The number of carboxylic acid groups (broad SMARTS) is 1. The van der Waals surface area contributed by atoms with Gasteiger partial charge >= 0.3 is 12.0 Å². The smallest absolute Gasteiger partial charge is 0.354 e. The van der Waals surface area contributed by atoms with Gasteiger partial charge in [0.25, 0.3) is 0 Å². The van der Waals surface area contributed by atoms with Crippen LogP contribution in [0.25, 0.3) is 0 Å². The lowest BCUT2D eigenvalue weighted by Crippen LogP contribution is -2.43. The summed E-state index contributed by atoms with van der Waals surface area (Å²) in [6.07, 6.45) is 3.11. The number of pyridine rings is 1. The van der Waals surface area contributed by atoms with Gasteiger partial charge < -0.3 is 15.3 Å². The fourth-order valence-electron chi connectivity index (χ4n) is 1.60. The highest BCUT2D eigenvalue weighted by Crippen LogP contribution is 2.02. The van der Waals surface area contributed by atoms with Crippen LogP contribution in [0, 0.1) is 0 Å². The van der Waals surface area contributed by atoms with Crippen molar-refractivity contribution in [2.75, 3.05) is 6.54 Å². The summed E-state index contributed by atoms with van der Waals surface area (Å²) >= 11 is 0. The second-order valence-electron chi connectivity index (χ2n) is 4.55. The first-order chi connectivity index (χ1) is 9.45. The Morgan fingerprint density at radius 1 is 1.50 bits per heavy atom. The number of hydrogen-bond acceptors (Lipinski definition) is 3. The van der Waals surface area contributed by atoms with Crippen molar-refractivity contribution in [3.63, 3.8) is 0 Å². The zero-order chi connectivity index (χ0) is 15.1. The summed E-state index contributed by atoms with van der Waals surface area (Å²) in [6, 6.07) is 2.92. The van der Waals surface area contributed by atoms with E-state index in [1.54, 1.807) is 17.0 Å². The van der Waals surface area contributed by atoms with Crippen molar-refractivity contribution in [1.82, 2.24) is 15.2 Å². The van der Waals surface area contributed by atoms with Crippen molar-refractivity contribution in [2.24, 2.45) is 0 Å². The lowest BCUT2D eigenvalue weighted by atomic mass is 10.2. The topological polar surface area (TPSA) is 82.5 Å². The van der Waals surface area contributed by atoms with Gasteiger partial charge in [0.2, 0.25) is 0 Å². The summed E-state index contributed by atoms with van der Waals surface area (Å²) in [5.74, 6) is -1.07. The Morgan fingerprint density at radius 3 is 2.65 bits per heavy atom. The highest BCUT2D eigenvalue weighted by Gasteiger charge is 2.14. The lowest BCUT2D eigenvalue weighted by molar-refractivity contribution is 0.0690. The number of urea groups is 1. The summed E-state index contributed by atoms with van der Waals surface area (Å²) in [5, 5.41) is 11.5. The van der Waals surface area contributed by atoms with Crippen LogP contribution < -0.4 is 5.32 Å². The Bertz CT molecular complexity index is 483. The number of amides is 2. The molecule has 0 aromatic carbocycles. The lowest BCUT2D eigenvalue weighted by Gasteiger charge is -2.25. The summed E-state index contributed by atoms with van der Waals surface area (Å²) in [6.45, 7) is 8.24. The molecule has 0 fully saturated rings. The Morgan fingerprint density at radius 2 is 2.20 bits per heavy atom. The van der Waals surface area contributed by atoms with Crippen molar-refractivity contribution < 1.29 is 14.7 Å². The number of hydrogen-bond donors (Lipinski definition) is 2. The maximum absolute atomic E-state index is 12.0. The highest BCUT2D eigenvalue weighted by molar-refractivity contribution is 5.85. The van der Waals surface area contributed by atoms with E-state index in [1.807, 2.05) is 13.8 Å². The van der Waals surface area contributed by atoms with Gasteiger partial charge in [-0.05, 0) is 25.5 Å². The third-order valence-corrected chi connectivity index (χ3v) is 2.70. The first-order valence-corrected chi connectivity index (χ1v) is 6.29. The Kier molecular flexibility index (Phi) is 5.71. The molecule has 20 heavy (non-hydrogen) atoms. The molecular weight excluding hydrogens is 258 g/mol. The van der Waals surface area contributed by atoms with Crippen molar-refractivity contribution in [3.8, 4) is 0 Å². The van der Waals surface area contributed by atoms with Crippen LogP contribution in [0.4, 0.5) is 4.79 Å². The third-order valence-electron chi connectivity index (χ3n) is 2.70. The van der Waals surface area contributed by atoms with Gasteiger partial charge in [-0.1, -0.05) is 12.1 Å². The van der Waals surface area contributed by atoms with Crippen LogP contribution in [0.3, 0.4) is 0 Å². The largest absolute Gasteiger partial charge is 0.477 e. The van der Waals surface area contributed by atoms with Crippen LogP contribution in [0.5, 0.6) is 0 Å². The Labute approximate surface area is 118 Å². The molecule has 0 radical (unpaired) electrons. The number of aromatic nitrogens is 1. The molecule has 6 nitrogen and oxygen atoms in total. The molecule has 2 N–H and O–H groups in total. The predicted molar refractivity (Wildman–Crippen MR) is 75.5 cm³/mol. The van der Waals surface area contributed by atoms with Gasteiger partial charge in [-0.2, -0.15) is 0 Å². The molecule has 0 aliphatic carbocycles. The molecular formula is C14H19N3O3. The van der Waals surface area contributed by atoms with Gasteiger partial charge in [0, 0.05) is 25.3 Å². The highest BCUT2D eigenvalue weighted by atomic mass is 16.4. The minimum atomic E-state index is -1.07. The van der Waals surface area contributed by atoms with Crippen LogP contribution in [0.1, 0.15) is 29.9 Å². The van der Waals surface area contributed by atoms with E-state index in [0.717, 1.165) is 5.56 Å². The van der Waals surface area contributed by atoms with E-state index < -0.39 is 5.97 Å². The van der Waals surface area contributed by atoms with Crippen molar-refractivity contribution in [2.45, 2.75) is 26.4 Å². The molecule has 0 unspecified atom stereocenters. The summed E-state index contributed by atoms with van der Waals surface area (Å²) in [5.41, 5.74) is 0.723. The number of nitrogens with zero attached hydrogens (tertiary/aromatic N) is 2. The van der Waals surface area contributed by atoms with Crippen molar-refractivity contribution >= 4 is 12.0 Å². The monoisotopic (exact) mass is 277 g/mol. The number of carboxylic acids is 1. The normalized spacial score (nSPS) is 10.2. The number of nitrogens with one attached hydrogen (secondary N) is 1. The molecule has 108 valence electrons. The zero-order valence-electron chi connectivity index (χ0n) is 11.7. The van der Waals surface area contributed by atoms with Crippen LogP contribution >= 0.6 is 0 Å². The first-order valence-electron chi connectivity index (χ1n) is 6.29. The van der Waals surface area contributed by atoms with Crippen LogP contribution in [0.2, 0.25) is 0 Å². The predicted octanol–water partition coefficient (Wildman–Crippen LogP) is 1.89. The molecule has 1 heterocycles. The van der Waals surface area contributed by atoms with Crippen LogP contribution in [-0.2, 0) is 6.54 Å². The fourth-order valence-corrected chi connectivity index (χ4v) is 1.60. The number of aromatic carboxylic acids is 1. The van der Waals surface area contributed by atoms with Gasteiger partial charge in [0.15, 0.2) is 0 Å². The van der Waals surface area contributed by atoms with Gasteiger partial charge in [-0.3, -0.25) is 0 Å². The quantitative estimate of drug-likeness (QED) is 0.778. The minimum absolute atomic E-state index is 0.0180. The summed E-state index contributed by atoms with van der Waals surface area (Å²) in [4.78, 5) is 28.1. The average Bonchev–Trinajstić information content (AvgIpc) is 2.42. The van der Waals surface area contributed by atoms with E-state index in [4.69, 9.17) is 5.11 Å². The maximum atomic E-state index is 12.0. The fraction of sp³-hybridized carbons (Fsp3) is 0.357. The molecule has 1 aromatic rings. The summed E-state index contributed by atoms with van der Waals surface area (Å²) < 4.78 is 0. The Balaban J connectivity index is 2.59. The molecule has 0 bridgehead atoms. The molecule has 0 spiro atoms. The van der Waals surface area contributed by atoms with E-state index in [9.17, 15) is 9.59 Å². The number of carbonyl (C=O) groups is 2. The van der Waals surface area contributed by atoms with Crippen molar-refractivity contribution in [3.05, 3.63) is 42.2 Å². The van der Waals surface area contributed by atoms with E-state index in [0.29, 0.717) is 13.1 Å². The van der Waals surface area contributed by atoms with Gasteiger partial charge in [-0.25, -0.2) is 14.6 Å². The average molecular weight is 277 g/mol. The number of carbonyl (C=O) groups excluding carboxylic acids is 1. The van der Waals surface area contributed by atoms with E-state index in [-0.39, 0.29) is 17.8 Å². The summed E-state index contributed by atoms with van der Waals surface area (Å²) in [7, 11) is 0. The first kappa shape index (κ1) is 15.7.